The van der Waals surface area contributed by atoms with E-state index in [0.717, 1.165) is 13.1 Å². The zero-order valence-corrected chi connectivity index (χ0v) is 8.46. The fourth-order valence-corrected chi connectivity index (χ4v) is 1.24. The van der Waals surface area contributed by atoms with Gasteiger partial charge < -0.3 is 9.47 Å². The first kappa shape index (κ1) is 10.8. The van der Waals surface area contributed by atoms with E-state index in [2.05, 4.69) is 12.6 Å². The monoisotopic (exact) mass is 205 g/mol. The molecule has 0 aromatic rings. The molecule has 76 valence electrons. The van der Waals surface area contributed by atoms with Crippen LogP contribution in [0.25, 0.3) is 0 Å². The van der Waals surface area contributed by atoms with E-state index in [4.69, 9.17) is 9.47 Å². The van der Waals surface area contributed by atoms with Gasteiger partial charge in [0.2, 0.25) is 0 Å². The average molecular weight is 205 g/mol. The summed E-state index contributed by atoms with van der Waals surface area (Å²) in [5, 5.41) is 0. The Morgan fingerprint density at radius 1 is 1.46 bits per heavy atom. The lowest BCUT2D eigenvalue weighted by Gasteiger charge is -2.25. The van der Waals surface area contributed by atoms with Gasteiger partial charge in [-0.05, 0) is 0 Å². The lowest BCUT2D eigenvalue weighted by molar-refractivity contribution is -0.145. The molecule has 0 amide bonds. The van der Waals surface area contributed by atoms with E-state index in [1.165, 1.54) is 0 Å². The van der Waals surface area contributed by atoms with Crippen LogP contribution < -0.4 is 0 Å². The Hall–Kier alpha value is -0.260. The number of ether oxygens (including phenoxy) is 2. The molecule has 0 atom stereocenters. The third kappa shape index (κ3) is 4.50. The lowest BCUT2D eigenvalue weighted by Crippen LogP contribution is -2.40. The number of nitrogens with zero attached hydrogens (tertiary/aromatic N) is 1. The first-order valence-electron chi connectivity index (χ1n) is 4.39. The van der Waals surface area contributed by atoms with Crippen molar-refractivity contribution in [1.82, 2.24) is 4.90 Å². The highest BCUT2D eigenvalue weighted by molar-refractivity contribution is 7.80. The van der Waals surface area contributed by atoms with Gasteiger partial charge in [0.05, 0.1) is 19.8 Å². The lowest BCUT2D eigenvalue weighted by atomic mass is 10.4. The van der Waals surface area contributed by atoms with Crippen LogP contribution in [0.5, 0.6) is 0 Å². The molecule has 0 saturated carbocycles. The molecule has 4 nitrogen and oxygen atoms in total. The minimum Gasteiger partial charge on any atom is -0.464 e. The van der Waals surface area contributed by atoms with Crippen molar-refractivity contribution in [2.75, 3.05) is 45.2 Å². The van der Waals surface area contributed by atoms with Crippen LogP contribution in [0, 0.1) is 0 Å². The van der Waals surface area contributed by atoms with Crippen LogP contribution in [0.2, 0.25) is 0 Å². The highest BCUT2D eigenvalue weighted by Crippen LogP contribution is 1.96. The van der Waals surface area contributed by atoms with Crippen molar-refractivity contribution in [3.05, 3.63) is 0 Å². The van der Waals surface area contributed by atoms with E-state index in [1.54, 1.807) is 0 Å². The summed E-state index contributed by atoms with van der Waals surface area (Å²) in [5.74, 6) is 0.408. The fourth-order valence-electron chi connectivity index (χ4n) is 1.15. The molecule has 0 bridgehead atoms. The largest absolute Gasteiger partial charge is 0.464 e. The van der Waals surface area contributed by atoms with Gasteiger partial charge >= 0.3 is 5.97 Å². The van der Waals surface area contributed by atoms with E-state index in [1.807, 2.05) is 4.90 Å². The summed E-state index contributed by atoms with van der Waals surface area (Å²) >= 11 is 3.95. The molecule has 0 aliphatic carbocycles. The summed E-state index contributed by atoms with van der Waals surface area (Å²) in [5.41, 5.74) is 0. The Bertz CT molecular complexity index is 159. The number of hydrogen-bond acceptors (Lipinski definition) is 5. The second-order valence-electron chi connectivity index (χ2n) is 2.83. The number of carbonyl (C=O) groups excluding carboxylic acids is 1. The van der Waals surface area contributed by atoms with Crippen molar-refractivity contribution >= 4 is 18.6 Å². The first-order valence-corrected chi connectivity index (χ1v) is 5.03. The molecule has 0 aromatic carbocycles. The van der Waals surface area contributed by atoms with Crippen LogP contribution in [-0.4, -0.2) is 56.1 Å². The third-order valence-electron chi connectivity index (χ3n) is 1.81. The highest BCUT2D eigenvalue weighted by atomic mass is 32.1. The van der Waals surface area contributed by atoms with Crippen molar-refractivity contribution in [1.29, 1.82) is 0 Å². The molecule has 0 unspecified atom stereocenters. The molecule has 5 heteroatoms. The highest BCUT2D eigenvalue weighted by Gasteiger charge is 2.14. The van der Waals surface area contributed by atoms with Crippen molar-refractivity contribution in [3.8, 4) is 0 Å². The molecule has 1 aliphatic heterocycles. The van der Waals surface area contributed by atoms with Gasteiger partial charge in [-0.15, -0.1) is 0 Å². The van der Waals surface area contributed by atoms with Gasteiger partial charge in [0.1, 0.15) is 6.61 Å². The molecular formula is C8H15NO3S. The minimum atomic E-state index is -0.170. The summed E-state index contributed by atoms with van der Waals surface area (Å²) in [6.07, 6.45) is 0. The van der Waals surface area contributed by atoms with Gasteiger partial charge in [-0.3, -0.25) is 9.69 Å². The standard InChI is InChI=1S/C8H15NO3S/c10-8(12-5-6-13)7-9-1-3-11-4-2-9/h13H,1-7H2. The summed E-state index contributed by atoms with van der Waals surface area (Å²) < 4.78 is 10.1. The number of morpholine rings is 1. The molecule has 1 saturated heterocycles. The SMILES string of the molecule is O=C(CN1CCOCC1)OCCS. The second kappa shape index (κ2) is 6.23. The normalized spacial score (nSPS) is 18.5. The molecule has 1 rings (SSSR count). The average Bonchev–Trinajstić information content (AvgIpc) is 2.16. The van der Waals surface area contributed by atoms with Gasteiger partial charge in [0, 0.05) is 18.8 Å². The van der Waals surface area contributed by atoms with E-state index in [-0.39, 0.29) is 5.97 Å². The number of esters is 1. The maximum Gasteiger partial charge on any atom is 0.320 e. The Balaban J connectivity index is 2.11. The van der Waals surface area contributed by atoms with Crippen LogP contribution in [0.15, 0.2) is 0 Å². The fraction of sp³-hybridized carbons (Fsp3) is 0.875. The number of rotatable bonds is 4. The Morgan fingerprint density at radius 2 is 2.15 bits per heavy atom. The van der Waals surface area contributed by atoms with Gasteiger partial charge in [-0.25, -0.2) is 0 Å². The Labute approximate surface area is 83.6 Å². The molecular weight excluding hydrogens is 190 g/mol. The molecule has 0 aromatic heterocycles. The zero-order valence-electron chi connectivity index (χ0n) is 7.57. The number of hydrogen-bond donors (Lipinski definition) is 1. The van der Waals surface area contributed by atoms with Crippen LogP contribution >= 0.6 is 12.6 Å². The molecule has 1 aliphatic rings. The van der Waals surface area contributed by atoms with Crippen molar-refractivity contribution in [2.45, 2.75) is 0 Å². The van der Waals surface area contributed by atoms with Crippen molar-refractivity contribution in [2.24, 2.45) is 0 Å². The van der Waals surface area contributed by atoms with Crippen LogP contribution in [0.1, 0.15) is 0 Å². The maximum absolute atomic E-state index is 11.1. The predicted octanol–water partition coefficient (Wildman–Crippen LogP) is -0.208. The molecule has 0 N–H and O–H groups in total. The first-order chi connectivity index (χ1) is 6.33. The zero-order chi connectivity index (χ0) is 9.52. The van der Waals surface area contributed by atoms with E-state index >= 15 is 0 Å². The summed E-state index contributed by atoms with van der Waals surface area (Å²) in [7, 11) is 0. The van der Waals surface area contributed by atoms with Gasteiger partial charge in [0.15, 0.2) is 0 Å². The van der Waals surface area contributed by atoms with Crippen LogP contribution in [0.3, 0.4) is 0 Å². The smallest absolute Gasteiger partial charge is 0.320 e. The molecule has 0 spiro atoms. The van der Waals surface area contributed by atoms with Gasteiger partial charge in [-0.2, -0.15) is 12.6 Å². The van der Waals surface area contributed by atoms with Crippen molar-refractivity contribution in [3.63, 3.8) is 0 Å². The Morgan fingerprint density at radius 3 is 2.77 bits per heavy atom. The van der Waals surface area contributed by atoms with E-state index in [9.17, 15) is 4.79 Å². The van der Waals surface area contributed by atoms with Crippen molar-refractivity contribution < 1.29 is 14.3 Å². The van der Waals surface area contributed by atoms with E-state index < -0.39 is 0 Å². The molecule has 13 heavy (non-hydrogen) atoms. The predicted molar refractivity (Wildman–Crippen MR) is 52.1 cm³/mol. The maximum atomic E-state index is 11.1. The second-order valence-corrected chi connectivity index (χ2v) is 3.28. The minimum absolute atomic E-state index is 0.170. The topological polar surface area (TPSA) is 38.8 Å². The van der Waals surface area contributed by atoms with Gasteiger partial charge in [-0.1, -0.05) is 0 Å². The quantitative estimate of drug-likeness (QED) is 0.509. The number of carbonyl (C=O) groups is 1. The third-order valence-corrected chi connectivity index (χ3v) is 1.99. The molecule has 1 heterocycles. The van der Waals surface area contributed by atoms with Crippen LogP contribution in [0.4, 0.5) is 0 Å². The summed E-state index contributed by atoms with van der Waals surface area (Å²) in [6.45, 7) is 3.81. The van der Waals surface area contributed by atoms with Gasteiger partial charge in [0.25, 0.3) is 0 Å². The Kier molecular flexibility index (Phi) is 5.19. The summed E-state index contributed by atoms with van der Waals surface area (Å²) in [4.78, 5) is 13.2. The molecule has 1 fully saturated rings. The van der Waals surface area contributed by atoms with E-state index in [0.29, 0.717) is 32.1 Å². The molecule has 0 radical (unpaired) electrons. The summed E-state index contributed by atoms with van der Waals surface area (Å²) in [6, 6.07) is 0. The number of thiol groups is 1. The van der Waals surface area contributed by atoms with Crippen LogP contribution in [-0.2, 0) is 14.3 Å².